The molecule has 0 bridgehead atoms. The quantitative estimate of drug-likeness (QED) is 0.136. The van der Waals surface area contributed by atoms with E-state index in [1.54, 1.807) is 0 Å². The number of aryl methyl sites for hydroxylation is 1. The summed E-state index contributed by atoms with van der Waals surface area (Å²) in [7, 11) is 0. The first-order chi connectivity index (χ1) is 34.0. The van der Waals surface area contributed by atoms with Gasteiger partial charge in [-0.15, -0.1) is 0 Å². The topological polar surface area (TPSA) is 15.3 Å². The molecule has 10 aromatic rings. The van der Waals surface area contributed by atoms with Crippen LogP contribution in [0.3, 0.4) is 0 Å². The van der Waals surface area contributed by atoms with Crippen molar-refractivity contribution in [2.45, 2.75) is 105 Å². The first kappa shape index (κ1) is 43.0. The summed E-state index contributed by atoms with van der Waals surface area (Å²) in [6.07, 6.45) is 18.6. The lowest BCUT2D eigenvalue weighted by Gasteiger charge is -2.36. The average Bonchev–Trinajstić information content (AvgIpc) is 4.11. The minimum atomic E-state index is 0.188. The molecule has 4 heterocycles. The Morgan fingerprint density at radius 3 is 1.57 bits per heavy atom. The summed E-state index contributed by atoms with van der Waals surface area (Å²) in [4.78, 5) is 5.33. The smallest absolute Gasteiger partial charge is 0.0641 e. The zero-order valence-corrected chi connectivity index (χ0v) is 42.1. The summed E-state index contributed by atoms with van der Waals surface area (Å²) < 4.78 is 5.24. The van der Waals surface area contributed by atoms with Gasteiger partial charge in [0.2, 0.25) is 0 Å². The minimum Gasteiger partial charge on any atom is -0.337 e. The van der Waals surface area contributed by atoms with E-state index in [-0.39, 0.29) is 12.1 Å². The molecule has 0 saturated carbocycles. The fourth-order valence-corrected chi connectivity index (χ4v) is 12.8. The van der Waals surface area contributed by atoms with Crippen molar-refractivity contribution >= 4 is 88.2 Å². The molecule has 4 aromatic heterocycles. The van der Waals surface area contributed by atoms with Gasteiger partial charge < -0.3 is 18.6 Å². The molecule has 4 heteroatoms. The fraction of sp³-hybridized carbons (Fsp3) is 0.273. The number of hydrogen-bond donors (Lipinski definition) is 0. The molecular formula is C66H64N4. The van der Waals surface area contributed by atoms with E-state index < -0.39 is 0 Å². The van der Waals surface area contributed by atoms with E-state index in [9.17, 15) is 0 Å². The van der Waals surface area contributed by atoms with Gasteiger partial charge >= 0.3 is 0 Å². The Hall–Kier alpha value is -7.04. The summed E-state index contributed by atoms with van der Waals surface area (Å²) in [5, 5.41) is 9.38. The molecule has 0 saturated heterocycles. The first-order valence-electron chi connectivity index (χ1n) is 26.2. The Morgan fingerprint density at radius 2 is 0.986 bits per heavy atom. The number of benzene rings is 6. The average molecular weight is 913 g/mol. The predicted octanol–water partition coefficient (Wildman–Crippen LogP) is 16.9. The number of hydrogen-bond acceptors (Lipinski definition) is 2. The predicted molar refractivity (Wildman–Crippen MR) is 301 cm³/mol. The lowest BCUT2D eigenvalue weighted by atomic mass is 9.91. The third kappa shape index (κ3) is 6.41. The molecule has 13 rings (SSSR count). The fourth-order valence-electron chi connectivity index (χ4n) is 12.8. The van der Waals surface area contributed by atoms with Crippen molar-refractivity contribution in [2.75, 3.05) is 9.80 Å². The highest BCUT2D eigenvalue weighted by Gasteiger charge is 2.32. The molecule has 6 aromatic carbocycles. The molecule has 0 N–H and O–H groups in total. The van der Waals surface area contributed by atoms with Crippen LogP contribution in [0, 0.1) is 11.8 Å². The molecule has 348 valence electrons. The second kappa shape index (κ2) is 16.3. The van der Waals surface area contributed by atoms with Gasteiger partial charge in [0.05, 0.1) is 50.9 Å². The number of nitrogens with zero attached hydrogens (tertiary/aromatic N) is 4. The molecule has 0 aliphatic heterocycles. The lowest BCUT2D eigenvalue weighted by Crippen LogP contribution is -2.37. The molecular weight excluding hydrogens is 849 g/mol. The standard InChI is InChI=1S/C66H64N4/c1-39(2)43-17-25-47(26-18-43)67(48-27-19-44(20-28-48)40(3)4)59-35-33-51-55-37-62-56(38-61(55)69-57-15-11-9-13-53(57)63(59)65(51)69)52-34-36-60(64-54-14-10-12-16-58(54)70(62)66(52)64)68(49-29-21-45(22-30-49)41(5)6)50-31-23-46(24-32-50)42(7)8/h9-27,29-31,33,35,37-42,48,50H,28,32,34,36H2,1-8H3. The van der Waals surface area contributed by atoms with Crippen LogP contribution in [-0.2, 0) is 6.42 Å². The van der Waals surface area contributed by atoms with Crippen molar-refractivity contribution in [1.82, 2.24) is 8.80 Å². The number of aromatic nitrogens is 2. The Bertz CT molecular complexity index is 3900. The summed E-state index contributed by atoms with van der Waals surface area (Å²) in [6.45, 7) is 18.4. The van der Waals surface area contributed by atoms with Crippen LogP contribution in [0.2, 0.25) is 0 Å². The van der Waals surface area contributed by atoms with E-state index in [1.807, 2.05) is 0 Å². The van der Waals surface area contributed by atoms with E-state index in [1.165, 1.54) is 121 Å². The number of allylic oxidation sites excluding steroid dienone is 4. The molecule has 0 spiro atoms. The van der Waals surface area contributed by atoms with Gasteiger partial charge in [0.25, 0.3) is 0 Å². The molecule has 4 nitrogen and oxygen atoms in total. The van der Waals surface area contributed by atoms with Crippen molar-refractivity contribution in [3.63, 3.8) is 0 Å². The number of anilines is 3. The van der Waals surface area contributed by atoms with Crippen LogP contribution in [0.5, 0.6) is 0 Å². The lowest BCUT2D eigenvalue weighted by molar-refractivity contribution is 0.723. The molecule has 2 atom stereocenters. The molecule has 70 heavy (non-hydrogen) atoms. The van der Waals surface area contributed by atoms with Gasteiger partial charge in [-0.2, -0.15) is 0 Å². The van der Waals surface area contributed by atoms with Gasteiger partial charge in [-0.05, 0) is 132 Å². The van der Waals surface area contributed by atoms with E-state index in [2.05, 4.69) is 232 Å². The largest absolute Gasteiger partial charge is 0.337 e. The first-order valence-corrected chi connectivity index (χ1v) is 26.2. The molecule has 3 aliphatic rings. The monoisotopic (exact) mass is 913 g/mol. The molecule has 0 radical (unpaired) electrons. The van der Waals surface area contributed by atoms with Gasteiger partial charge in [0.15, 0.2) is 0 Å². The maximum Gasteiger partial charge on any atom is 0.0641 e. The summed E-state index contributed by atoms with van der Waals surface area (Å²) in [5.41, 5.74) is 20.2. The maximum absolute atomic E-state index is 2.71. The van der Waals surface area contributed by atoms with Gasteiger partial charge in [-0.1, -0.05) is 159 Å². The van der Waals surface area contributed by atoms with Crippen molar-refractivity contribution in [3.8, 4) is 0 Å². The summed E-state index contributed by atoms with van der Waals surface area (Å²) in [5.74, 6) is 1.98. The Balaban J connectivity index is 1.06. The van der Waals surface area contributed by atoms with Crippen molar-refractivity contribution in [2.24, 2.45) is 11.8 Å². The normalized spacial score (nSPS) is 17.5. The van der Waals surface area contributed by atoms with E-state index in [4.69, 9.17) is 0 Å². The highest BCUT2D eigenvalue weighted by atomic mass is 15.2. The highest BCUT2D eigenvalue weighted by molar-refractivity contribution is 6.28. The van der Waals surface area contributed by atoms with Crippen LogP contribution in [-0.4, -0.2) is 20.9 Å². The number of para-hydroxylation sites is 2. The summed E-state index contributed by atoms with van der Waals surface area (Å²) >= 11 is 0. The Labute approximate surface area is 412 Å². The van der Waals surface area contributed by atoms with Crippen LogP contribution in [0.1, 0.15) is 103 Å². The van der Waals surface area contributed by atoms with E-state index in [0.29, 0.717) is 23.7 Å². The van der Waals surface area contributed by atoms with Gasteiger partial charge in [0, 0.05) is 54.6 Å². The van der Waals surface area contributed by atoms with E-state index in [0.717, 1.165) is 25.7 Å². The molecule has 0 fully saturated rings. The third-order valence-electron chi connectivity index (χ3n) is 16.5. The third-order valence-corrected chi connectivity index (χ3v) is 16.5. The Kier molecular flexibility index (Phi) is 10.00. The SMILES string of the molecule is CC(C)C1=CCC(N(C2=c3c4ccccc4n4c3c(c3cc5c(cc34)c3ccc(N(c4ccc(C(C)C)cc4)C4C=CC(C(C)C)=CC4)c4c6ccccc6n5c34)CC2)c2ccc(C(C)C)cc2)C=C1. The van der Waals surface area contributed by atoms with Crippen LogP contribution < -0.4 is 15.0 Å². The second-order valence-electron chi connectivity index (χ2n) is 21.9. The van der Waals surface area contributed by atoms with Crippen molar-refractivity contribution < 1.29 is 0 Å². The van der Waals surface area contributed by atoms with Gasteiger partial charge in [0.1, 0.15) is 0 Å². The van der Waals surface area contributed by atoms with Crippen molar-refractivity contribution in [1.29, 1.82) is 0 Å². The van der Waals surface area contributed by atoms with Crippen LogP contribution in [0.15, 0.2) is 169 Å². The van der Waals surface area contributed by atoms with Crippen LogP contribution in [0.25, 0.3) is 71.1 Å². The minimum absolute atomic E-state index is 0.188. The van der Waals surface area contributed by atoms with Gasteiger partial charge in [-0.3, -0.25) is 0 Å². The van der Waals surface area contributed by atoms with Crippen LogP contribution >= 0.6 is 0 Å². The molecule has 3 aliphatic carbocycles. The number of rotatable bonds is 10. The molecule has 0 amide bonds. The van der Waals surface area contributed by atoms with Crippen molar-refractivity contribution in [3.05, 3.63) is 191 Å². The summed E-state index contributed by atoms with van der Waals surface area (Å²) in [6, 6.07) is 47.6. The Morgan fingerprint density at radius 1 is 0.457 bits per heavy atom. The zero-order chi connectivity index (χ0) is 47.7. The molecule has 2 unspecified atom stereocenters. The van der Waals surface area contributed by atoms with E-state index >= 15 is 0 Å². The zero-order valence-electron chi connectivity index (χ0n) is 42.1. The van der Waals surface area contributed by atoms with Crippen LogP contribution in [0.4, 0.5) is 17.1 Å². The van der Waals surface area contributed by atoms with Gasteiger partial charge in [-0.25, -0.2) is 0 Å². The second-order valence-corrected chi connectivity index (χ2v) is 21.9. The number of fused-ring (bicyclic) bond motifs is 12. The maximum atomic E-state index is 2.71. The highest BCUT2D eigenvalue weighted by Crippen LogP contribution is 2.48.